The van der Waals surface area contributed by atoms with Gasteiger partial charge in [-0.1, -0.05) is 46.0 Å². The molecular formula is C18H31N3. The van der Waals surface area contributed by atoms with Crippen LogP contribution in [0, 0.1) is 11.8 Å². The van der Waals surface area contributed by atoms with Crippen LogP contribution < -0.4 is 5.73 Å². The van der Waals surface area contributed by atoms with E-state index in [2.05, 4.69) is 30.8 Å². The molecule has 2 aliphatic carbocycles. The highest BCUT2D eigenvalue weighted by atomic mass is 15.3. The average Bonchev–Trinajstić information content (AvgIpc) is 2.94. The molecule has 0 saturated heterocycles. The van der Waals surface area contributed by atoms with Gasteiger partial charge in [-0.2, -0.15) is 5.10 Å². The highest BCUT2D eigenvalue weighted by Gasteiger charge is 2.38. The van der Waals surface area contributed by atoms with Crippen molar-refractivity contribution in [1.29, 1.82) is 0 Å². The highest BCUT2D eigenvalue weighted by Crippen LogP contribution is 2.38. The topological polar surface area (TPSA) is 43.8 Å². The number of hydrogen-bond acceptors (Lipinski definition) is 2. The summed E-state index contributed by atoms with van der Waals surface area (Å²) in [7, 11) is 0. The molecule has 2 saturated carbocycles. The molecule has 3 atom stereocenters. The van der Waals surface area contributed by atoms with E-state index in [0.717, 1.165) is 18.8 Å². The molecule has 0 aliphatic heterocycles. The Labute approximate surface area is 129 Å². The average molecular weight is 289 g/mol. The van der Waals surface area contributed by atoms with Crippen LogP contribution in [0.5, 0.6) is 0 Å². The van der Waals surface area contributed by atoms with Gasteiger partial charge in [0.05, 0.1) is 11.7 Å². The van der Waals surface area contributed by atoms with Gasteiger partial charge in [-0.15, -0.1) is 0 Å². The second kappa shape index (κ2) is 6.12. The van der Waals surface area contributed by atoms with Crippen LogP contribution in [0.25, 0.3) is 0 Å². The summed E-state index contributed by atoms with van der Waals surface area (Å²) >= 11 is 0. The molecule has 3 rings (SSSR count). The third-order valence-corrected chi connectivity index (χ3v) is 6.18. The van der Waals surface area contributed by atoms with Gasteiger partial charge in [0.1, 0.15) is 0 Å². The molecule has 0 bridgehead atoms. The van der Waals surface area contributed by atoms with Crippen molar-refractivity contribution in [3.63, 3.8) is 0 Å². The summed E-state index contributed by atoms with van der Waals surface area (Å²) in [5, 5.41) is 4.87. The van der Waals surface area contributed by atoms with Gasteiger partial charge in [0.15, 0.2) is 0 Å². The Hall–Kier alpha value is -0.830. The summed E-state index contributed by atoms with van der Waals surface area (Å²) in [4.78, 5) is 0. The van der Waals surface area contributed by atoms with E-state index >= 15 is 0 Å². The Morgan fingerprint density at radius 3 is 2.71 bits per heavy atom. The zero-order chi connectivity index (χ0) is 14.9. The third-order valence-electron chi connectivity index (χ3n) is 6.18. The molecule has 2 N–H and O–H groups in total. The van der Waals surface area contributed by atoms with Gasteiger partial charge in [0.25, 0.3) is 0 Å². The lowest BCUT2D eigenvalue weighted by molar-refractivity contribution is 0.142. The van der Waals surface area contributed by atoms with Crippen LogP contribution in [0.3, 0.4) is 0 Å². The molecule has 2 aliphatic rings. The summed E-state index contributed by atoms with van der Waals surface area (Å²) in [5.74, 6) is 1.33. The van der Waals surface area contributed by atoms with Crippen LogP contribution in [0.15, 0.2) is 12.3 Å². The first-order valence-corrected chi connectivity index (χ1v) is 8.91. The Morgan fingerprint density at radius 2 is 1.95 bits per heavy atom. The summed E-state index contributed by atoms with van der Waals surface area (Å²) in [6.07, 6.45) is 13.6. The smallest absolute Gasteiger partial charge is 0.0643 e. The summed E-state index contributed by atoms with van der Waals surface area (Å²) < 4.78 is 2.22. The third kappa shape index (κ3) is 3.18. The fourth-order valence-electron chi connectivity index (χ4n) is 4.40. The number of rotatable bonds is 3. The Morgan fingerprint density at radius 1 is 1.19 bits per heavy atom. The molecule has 0 aromatic carbocycles. The SMILES string of the molecule is CC1CCCC(N)(Cc2ccn(C3CCCCC3)n2)C1C. The van der Waals surface area contributed by atoms with Crippen LogP contribution in [-0.2, 0) is 6.42 Å². The molecule has 0 amide bonds. The highest BCUT2D eigenvalue weighted by molar-refractivity contribution is 5.09. The van der Waals surface area contributed by atoms with Crippen LogP contribution in [0.1, 0.15) is 76.9 Å². The van der Waals surface area contributed by atoms with Crippen LogP contribution in [0.4, 0.5) is 0 Å². The van der Waals surface area contributed by atoms with Crippen LogP contribution >= 0.6 is 0 Å². The van der Waals surface area contributed by atoms with Crippen molar-refractivity contribution in [3.8, 4) is 0 Å². The lowest BCUT2D eigenvalue weighted by Gasteiger charge is -2.43. The summed E-state index contributed by atoms with van der Waals surface area (Å²) in [6, 6.07) is 2.83. The molecule has 2 fully saturated rings. The minimum Gasteiger partial charge on any atom is -0.324 e. The standard InChI is InChI=1S/C18H31N3/c1-14-7-6-11-18(19,15(14)2)13-16-10-12-21(20-16)17-8-4-3-5-9-17/h10,12,14-15,17H,3-9,11,13,19H2,1-2H3. The maximum atomic E-state index is 6.76. The van der Waals surface area contributed by atoms with Crippen molar-refractivity contribution in [2.45, 2.75) is 83.2 Å². The number of hydrogen-bond donors (Lipinski definition) is 1. The maximum absolute atomic E-state index is 6.76. The minimum atomic E-state index is -0.0522. The molecule has 118 valence electrons. The Bertz CT molecular complexity index is 461. The zero-order valence-corrected chi connectivity index (χ0v) is 13.7. The minimum absolute atomic E-state index is 0.0522. The van der Waals surface area contributed by atoms with E-state index < -0.39 is 0 Å². The molecule has 3 unspecified atom stereocenters. The molecule has 0 radical (unpaired) electrons. The molecule has 1 aromatic heterocycles. The van der Waals surface area contributed by atoms with Gasteiger partial charge in [0.2, 0.25) is 0 Å². The molecule has 21 heavy (non-hydrogen) atoms. The van der Waals surface area contributed by atoms with Crippen LogP contribution in [0.2, 0.25) is 0 Å². The van der Waals surface area contributed by atoms with E-state index in [-0.39, 0.29) is 5.54 Å². The van der Waals surface area contributed by atoms with Crippen molar-refractivity contribution in [2.24, 2.45) is 17.6 Å². The van der Waals surface area contributed by atoms with Crippen molar-refractivity contribution in [1.82, 2.24) is 9.78 Å². The molecular weight excluding hydrogens is 258 g/mol. The molecule has 1 aromatic rings. The maximum Gasteiger partial charge on any atom is 0.0643 e. The van der Waals surface area contributed by atoms with Crippen molar-refractivity contribution in [3.05, 3.63) is 18.0 Å². The molecule has 1 heterocycles. The first-order chi connectivity index (χ1) is 10.1. The Kier molecular flexibility index (Phi) is 4.39. The first-order valence-electron chi connectivity index (χ1n) is 8.91. The lowest BCUT2D eigenvalue weighted by Crippen LogP contribution is -2.52. The van der Waals surface area contributed by atoms with Crippen LogP contribution in [-0.4, -0.2) is 15.3 Å². The van der Waals surface area contributed by atoms with Gasteiger partial charge in [-0.3, -0.25) is 4.68 Å². The summed E-state index contributed by atoms with van der Waals surface area (Å²) in [6.45, 7) is 4.69. The van der Waals surface area contributed by atoms with E-state index in [0.29, 0.717) is 12.0 Å². The van der Waals surface area contributed by atoms with Gasteiger partial charge < -0.3 is 5.73 Å². The number of aromatic nitrogens is 2. The first kappa shape index (κ1) is 15.1. The van der Waals surface area contributed by atoms with Crippen molar-refractivity contribution in [2.75, 3.05) is 0 Å². The normalized spacial score (nSPS) is 35.0. The second-order valence-corrected chi connectivity index (χ2v) is 7.65. The predicted molar refractivity (Wildman–Crippen MR) is 87.2 cm³/mol. The van der Waals surface area contributed by atoms with E-state index in [1.807, 2.05) is 0 Å². The zero-order valence-electron chi connectivity index (χ0n) is 13.7. The largest absolute Gasteiger partial charge is 0.324 e. The lowest BCUT2D eigenvalue weighted by atomic mass is 9.67. The monoisotopic (exact) mass is 289 g/mol. The molecule has 3 nitrogen and oxygen atoms in total. The fourth-order valence-corrected chi connectivity index (χ4v) is 4.40. The predicted octanol–water partition coefficient (Wildman–Crippen LogP) is 4.08. The Balaban J connectivity index is 1.68. The number of nitrogens with two attached hydrogens (primary N) is 1. The number of nitrogens with zero attached hydrogens (tertiary/aromatic N) is 2. The quantitative estimate of drug-likeness (QED) is 0.911. The van der Waals surface area contributed by atoms with E-state index in [4.69, 9.17) is 10.8 Å². The van der Waals surface area contributed by atoms with Crippen molar-refractivity contribution < 1.29 is 0 Å². The van der Waals surface area contributed by atoms with E-state index in [9.17, 15) is 0 Å². The fraction of sp³-hybridized carbons (Fsp3) is 0.833. The molecule has 0 spiro atoms. The van der Waals surface area contributed by atoms with Gasteiger partial charge in [-0.05, 0) is 37.2 Å². The van der Waals surface area contributed by atoms with Crippen molar-refractivity contribution >= 4 is 0 Å². The van der Waals surface area contributed by atoms with E-state index in [1.165, 1.54) is 50.6 Å². The summed E-state index contributed by atoms with van der Waals surface area (Å²) in [5.41, 5.74) is 7.91. The van der Waals surface area contributed by atoms with Gasteiger partial charge in [0, 0.05) is 18.2 Å². The molecule has 3 heteroatoms. The van der Waals surface area contributed by atoms with Gasteiger partial charge in [-0.25, -0.2) is 0 Å². The van der Waals surface area contributed by atoms with Gasteiger partial charge >= 0.3 is 0 Å². The second-order valence-electron chi connectivity index (χ2n) is 7.65. The van der Waals surface area contributed by atoms with E-state index in [1.54, 1.807) is 0 Å².